The van der Waals surface area contributed by atoms with Crippen molar-refractivity contribution in [2.24, 2.45) is 5.92 Å². The fourth-order valence-electron chi connectivity index (χ4n) is 2.27. The largest absolute Gasteiger partial charge is 0.313 e. The van der Waals surface area contributed by atoms with Crippen molar-refractivity contribution in [3.8, 4) is 0 Å². The summed E-state index contributed by atoms with van der Waals surface area (Å²) in [6, 6.07) is 4.52. The fourth-order valence-corrected chi connectivity index (χ4v) is 2.27. The first-order valence-corrected chi connectivity index (χ1v) is 6.86. The zero-order chi connectivity index (χ0) is 13.7. The van der Waals surface area contributed by atoms with E-state index < -0.39 is 0 Å². The van der Waals surface area contributed by atoms with Gasteiger partial charge in [-0.1, -0.05) is 43.2 Å². The fraction of sp³-hybridized carbons (Fsp3) is 0.529. The molecular weight excluding hydrogens is 218 g/mol. The van der Waals surface area contributed by atoms with Gasteiger partial charge in [-0.15, -0.1) is 0 Å². The quantitative estimate of drug-likeness (QED) is 0.817. The zero-order valence-corrected chi connectivity index (χ0v) is 12.7. The highest BCUT2D eigenvalue weighted by Crippen LogP contribution is 2.19. The Balaban J connectivity index is 2.76. The van der Waals surface area contributed by atoms with Gasteiger partial charge < -0.3 is 5.32 Å². The van der Waals surface area contributed by atoms with E-state index in [1.807, 2.05) is 0 Å². The van der Waals surface area contributed by atoms with Crippen molar-refractivity contribution in [1.82, 2.24) is 5.32 Å². The van der Waals surface area contributed by atoms with Gasteiger partial charge in [-0.25, -0.2) is 0 Å². The summed E-state index contributed by atoms with van der Waals surface area (Å²) in [6.45, 7) is 15.3. The highest BCUT2D eigenvalue weighted by Gasteiger charge is 2.02. The van der Waals surface area contributed by atoms with Crippen molar-refractivity contribution < 1.29 is 0 Å². The average Bonchev–Trinajstić information content (AvgIpc) is 2.22. The SMILES string of the molecule is CC(=Cc1c(C)cc(C)cc1C)CNCC(C)C. The molecule has 0 heterocycles. The van der Waals surface area contributed by atoms with E-state index in [4.69, 9.17) is 0 Å². The van der Waals surface area contributed by atoms with Crippen LogP contribution in [0.4, 0.5) is 0 Å². The van der Waals surface area contributed by atoms with E-state index in [0.717, 1.165) is 13.1 Å². The third-order valence-corrected chi connectivity index (χ3v) is 3.09. The molecule has 1 rings (SSSR count). The third kappa shape index (κ3) is 4.66. The first-order chi connectivity index (χ1) is 8.40. The number of benzene rings is 1. The van der Waals surface area contributed by atoms with Crippen LogP contribution >= 0.6 is 0 Å². The van der Waals surface area contributed by atoms with E-state index in [2.05, 4.69) is 65.1 Å². The summed E-state index contributed by atoms with van der Waals surface area (Å²) in [5, 5.41) is 3.49. The Morgan fingerprint density at radius 2 is 1.72 bits per heavy atom. The van der Waals surface area contributed by atoms with Crippen LogP contribution in [0.1, 0.15) is 43.0 Å². The summed E-state index contributed by atoms with van der Waals surface area (Å²) in [4.78, 5) is 0. The number of nitrogens with one attached hydrogen (secondary N) is 1. The van der Waals surface area contributed by atoms with Gasteiger partial charge in [-0.2, -0.15) is 0 Å². The molecule has 1 nitrogen and oxygen atoms in total. The first kappa shape index (κ1) is 15.0. The van der Waals surface area contributed by atoms with Gasteiger partial charge in [-0.3, -0.25) is 0 Å². The lowest BCUT2D eigenvalue weighted by Crippen LogP contribution is -2.21. The molecule has 0 fully saturated rings. The van der Waals surface area contributed by atoms with Gasteiger partial charge in [0.2, 0.25) is 0 Å². The van der Waals surface area contributed by atoms with Crippen LogP contribution in [0.25, 0.3) is 6.08 Å². The van der Waals surface area contributed by atoms with Crippen molar-refractivity contribution in [3.63, 3.8) is 0 Å². The van der Waals surface area contributed by atoms with E-state index in [-0.39, 0.29) is 0 Å². The zero-order valence-electron chi connectivity index (χ0n) is 12.7. The van der Waals surface area contributed by atoms with Gasteiger partial charge in [0, 0.05) is 6.54 Å². The van der Waals surface area contributed by atoms with Gasteiger partial charge in [-0.05, 0) is 56.8 Å². The minimum atomic E-state index is 0.709. The second kappa shape index (κ2) is 6.75. The van der Waals surface area contributed by atoms with Crippen molar-refractivity contribution in [3.05, 3.63) is 40.0 Å². The normalized spacial score (nSPS) is 12.3. The Labute approximate surface area is 112 Å². The second-order valence-corrected chi connectivity index (χ2v) is 5.83. The second-order valence-electron chi connectivity index (χ2n) is 5.83. The van der Waals surface area contributed by atoms with E-state index in [0.29, 0.717) is 5.92 Å². The lowest BCUT2D eigenvalue weighted by Gasteiger charge is -2.11. The van der Waals surface area contributed by atoms with E-state index >= 15 is 0 Å². The van der Waals surface area contributed by atoms with Gasteiger partial charge in [0.1, 0.15) is 0 Å². The predicted octanol–water partition coefficient (Wildman–Crippen LogP) is 4.26. The van der Waals surface area contributed by atoms with Gasteiger partial charge in [0.05, 0.1) is 0 Å². The molecule has 0 amide bonds. The van der Waals surface area contributed by atoms with Crippen LogP contribution in [0, 0.1) is 26.7 Å². The Kier molecular flexibility index (Phi) is 5.61. The molecule has 0 unspecified atom stereocenters. The molecule has 0 saturated heterocycles. The predicted molar refractivity (Wildman–Crippen MR) is 82.0 cm³/mol. The summed E-state index contributed by atoms with van der Waals surface area (Å²) in [6.07, 6.45) is 2.32. The van der Waals surface area contributed by atoms with Crippen LogP contribution in [0.2, 0.25) is 0 Å². The van der Waals surface area contributed by atoms with E-state index in [1.165, 1.54) is 27.8 Å². The lowest BCUT2D eigenvalue weighted by atomic mass is 9.98. The molecule has 0 atom stereocenters. The van der Waals surface area contributed by atoms with Gasteiger partial charge in [0.25, 0.3) is 0 Å². The Morgan fingerprint density at radius 3 is 2.22 bits per heavy atom. The lowest BCUT2D eigenvalue weighted by molar-refractivity contribution is 0.572. The van der Waals surface area contributed by atoms with Crippen LogP contribution in [0.3, 0.4) is 0 Å². The smallest absolute Gasteiger partial charge is 0.0165 e. The molecule has 0 aliphatic heterocycles. The highest BCUT2D eigenvalue weighted by atomic mass is 14.8. The molecule has 1 heteroatoms. The van der Waals surface area contributed by atoms with Gasteiger partial charge in [0.15, 0.2) is 0 Å². The van der Waals surface area contributed by atoms with Crippen LogP contribution in [0.5, 0.6) is 0 Å². The number of hydrogen-bond donors (Lipinski definition) is 1. The molecule has 0 spiro atoms. The van der Waals surface area contributed by atoms with E-state index in [1.54, 1.807) is 0 Å². The summed E-state index contributed by atoms with van der Waals surface area (Å²) in [5.74, 6) is 0.709. The monoisotopic (exact) mass is 245 g/mol. The summed E-state index contributed by atoms with van der Waals surface area (Å²) >= 11 is 0. The summed E-state index contributed by atoms with van der Waals surface area (Å²) < 4.78 is 0. The maximum atomic E-state index is 3.49. The topological polar surface area (TPSA) is 12.0 Å². The number of hydrogen-bond acceptors (Lipinski definition) is 1. The van der Waals surface area contributed by atoms with Crippen molar-refractivity contribution in [1.29, 1.82) is 0 Å². The highest BCUT2D eigenvalue weighted by molar-refractivity contribution is 5.60. The molecule has 0 aliphatic rings. The van der Waals surface area contributed by atoms with E-state index in [9.17, 15) is 0 Å². The Bertz CT molecular complexity index is 404. The molecule has 100 valence electrons. The maximum absolute atomic E-state index is 3.49. The standard InChI is InChI=1S/C17H27N/c1-12(2)10-18-11-14(4)9-17-15(5)7-13(3)8-16(17)6/h7-9,12,18H,10-11H2,1-6H3. The molecule has 1 N–H and O–H groups in total. The molecular formula is C17H27N. The molecule has 0 aromatic heterocycles. The number of aryl methyl sites for hydroxylation is 3. The molecule has 0 saturated carbocycles. The molecule has 0 radical (unpaired) electrons. The molecule has 18 heavy (non-hydrogen) atoms. The van der Waals surface area contributed by atoms with Crippen LogP contribution in [0.15, 0.2) is 17.7 Å². The first-order valence-electron chi connectivity index (χ1n) is 6.86. The minimum Gasteiger partial charge on any atom is -0.313 e. The van der Waals surface area contributed by atoms with Gasteiger partial charge >= 0.3 is 0 Å². The Hall–Kier alpha value is -1.08. The number of rotatable bonds is 5. The van der Waals surface area contributed by atoms with Crippen molar-refractivity contribution in [2.75, 3.05) is 13.1 Å². The molecule has 0 aliphatic carbocycles. The average molecular weight is 245 g/mol. The molecule has 1 aromatic rings. The van der Waals surface area contributed by atoms with Crippen LogP contribution < -0.4 is 5.32 Å². The van der Waals surface area contributed by atoms with Crippen molar-refractivity contribution in [2.45, 2.75) is 41.5 Å². The van der Waals surface area contributed by atoms with Crippen LogP contribution in [-0.2, 0) is 0 Å². The van der Waals surface area contributed by atoms with Crippen molar-refractivity contribution >= 4 is 6.08 Å². The third-order valence-electron chi connectivity index (χ3n) is 3.09. The Morgan fingerprint density at radius 1 is 1.17 bits per heavy atom. The summed E-state index contributed by atoms with van der Waals surface area (Å²) in [5.41, 5.74) is 6.86. The minimum absolute atomic E-state index is 0.709. The molecule has 0 bridgehead atoms. The maximum Gasteiger partial charge on any atom is 0.0165 e. The summed E-state index contributed by atoms with van der Waals surface area (Å²) in [7, 11) is 0. The molecule has 1 aromatic carbocycles. The van der Waals surface area contributed by atoms with Crippen LogP contribution in [-0.4, -0.2) is 13.1 Å².